The van der Waals surface area contributed by atoms with Gasteiger partial charge in [-0.2, -0.15) is 0 Å². The molecule has 0 fully saturated rings. The smallest absolute Gasteiger partial charge is 0.0346 e. The van der Waals surface area contributed by atoms with Crippen LogP contribution in [0.2, 0.25) is 0 Å². The van der Waals surface area contributed by atoms with E-state index in [0.29, 0.717) is 6.04 Å². The molecule has 0 bridgehead atoms. The van der Waals surface area contributed by atoms with Gasteiger partial charge >= 0.3 is 0 Å². The van der Waals surface area contributed by atoms with Crippen LogP contribution in [-0.2, 0) is 6.42 Å². The van der Waals surface area contributed by atoms with Gasteiger partial charge in [-0.3, -0.25) is 0 Å². The fraction of sp³-hybridized carbons (Fsp3) is 0.600. The Morgan fingerprint density at radius 2 is 1.88 bits per heavy atom. The van der Waals surface area contributed by atoms with Crippen LogP contribution in [-0.4, -0.2) is 24.0 Å². The summed E-state index contributed by atoms with van der Waals surface area (Å²) in [7, 11) is 0. The summed E-state index contributed by atoms with van der Waals surface area (Å²) in [5, 5.41) is 0. The molecule has 0 aromatic heterocycles. The highest BCUT2D eigenvalue weighted by molar-refractivity contribution is 5.46. The Kier molecular flexibility index (Phi) is 6.06. The molecule has 0 aliphatic heterocycles. The summed E-state index contributed by atoms with van der Waals surface area (Å²) < 4.78 is 0. The number of benzene rings is 1. The van der Waals surface area contributed by atoms with E-state index in [1.54, 1.807) is 0 Å². The first-order chi connectivity index (χ1) is 8.15. The molecule has 0 atom stereocenters. The van der Waals surface area contributed by atoms with Crippen LogP contribution in [0, 0.1) is 0 Å². The molecule has 0 aliphatic carbocycles. The van der Waals surface area contributed by atoms with Gasteiger partial charge in [-0.05, 0) is 57.8 Å². The van der Waals surface area contributed by atoms with Crippen molar-refractivity contribution in [3.05, 3.63) is 29.8 Å². The average Bonchev–Trinajstić information content (AvgIpc) is 2.30. The molecule has 0 aliphatic rings. The summed E-state index contributed by atoms with van der Waals surface area (Å²) in [6, 6.07) is 8.83. The number of anilines is 1. The summed E-state index contributed by atoms with van der Waals surface area (Å²) >= 11 is 0. The first kappa shape index (κ1) is 14.0. The molecule has 0 radical (unpaired) electrons. The maximum absolute atomic E-state index is 5.94. The number of hydrogen-bond acceptors (Lipinski definition) is 2. The minimum absolute atomic E-state index is 0.642. The van der Waals surface area contributed by atoms with Gasteiger partial charge in [0, 0.05) is 11.7 Å². The highest BCUT2D eigenvalue weighted by atomic mass is 15.1. The predicted octanol–water partition coefficient (Wildman–Crippen LogP) is 3.32. The first-order valence-electron chi connectivity index (χ1n) is 6.72. The van der Waals surface area contributed by atoms with Gasteiger partial charge in [0.25, 0.3) is 0 Å². The zero-order valence-electron chi connectivity index (χ0n) is 11.4. The van der Waals surface area contributed by atoms with Crippen LogP contribution in [0.1, 0.15) is 39.2 Å². The van der Waals surface area contributed by atoms with Gasteiger partial charge < -0.3 is 10.6 Å². The van der Waals surface area contributed by atoms with E-state index in [1.807, 2.05) is 12.1 Å². The lowest BCUT2D eigenvalue weighted by Crippen LogP contribution is -2.32. The Bertz CT molecular complexity index is 320. The lowest BCUT2D eigenvalue weighted by Gasteiger charge is -2.25. The molecule has 17 heavy (non-hydrogen) atoms. The number of aryl methyl sites for hydroxylation is 1. The summed E-state index contributed by atoms with van der Waals surface area (Å²) in [6.07, 6.45) is 3.50. The van der Waals surface area contributed by atoms with Gasteiger partial charge in [-0.1, -0.05) is 25.1 Å². The molecule has 0 saturated heterocycles. The number of para-hydroxylation sites is 1. The summed E-state index contributed by atoms with van der Waals surface area (Å²) in [6.45, 7) is 9.14. The van der Waals surface area contributed by atoms with Crippen molar-refractivity contribution in [2.24, 2.45) is 0 Å². The maximum Gasteiger partial charge on any atom is 0.0346 e. The number of nitrogens with two attached hydrogens (primary N) is 1. The maximum atomic E-state index is 5.94. The van der Waals surface area contributed by atoms with Crippen molar-refractivity contribution in [3.63, 3.8) is 0 Å². The second-order valence-electron chi connectivity index (χ2n) is 4.93. The van der Waals surface area contributed by atoms with Gasteiger partial charge in [0.15, 0.2) is 0 Å². The fourth-order valence-corrected chi connectivity index (χ4v) is 2.15. The van der Waals surface area contributed by atoms with Gasteiger partial charge in [0.1, 0.15) is 0 Å². The van der Waals surface area contributed by atoms with E-state index in [-0.39, 0.29) is 0 Å². The second kappa shape index (κ2) is 7.33. The highest BCUT2D eigenvalue weighted by Crippen LogP contribution is 2.13. The van der Waals surface area contributed by atoms with Crippen LogP contribution in [0.5, 0.6) is 0 Å². The second-order valence-corrected chi connectivity index (χ2v) is 4.93. The van der Waals surface area contributed by atoms with Gasteiger partial charge in [-0.15, -0.1) is 0 Å². The van der Waals surface area contributed by atoms with Crippen LogP contribution < -0.4 is 5.73 Å². The van der Waals surface area contributed by atoms with Crippen molar-refractivity contribution in [1.29, 1.82) is 0 Å². The fourth-order valence-electron chi connectivity index (χ4n) is 2.15. The zero-order chi connectivity index (χ0) is 12.7. The number of rotatable bonds is 7. The van der Waals surface area contributed by atoms with E-state index in [1.165, 1.54) is 31.5 Å². The molecule has 1 rings (SSSR count). The van der Waals surface area contributed by atoms with E-state index < -0.39 is 0 Å². The van der Waals surface area contributed by atoms with Crippen molar-refractivity contribution in [3.8, 4) is 0 Å². The SMILES string of the molecule is CCCN(CCCc1ccccc1N)C(C)C. The molecule has 2 N–H and O–H groups in total. The highest BCUT2D eigenvalue weighted by Gasteiger charge is 2.07. The van der Waals surface area contributed by atoms with E-state index in [2.05, 4.69) is 37.8 Å². The van der Waals surface area contributed by atoms with Gasteiger partial charge in [0.2, 0.25) is 0 Å². The third-order valence-corrected chi connectivity index (χ3v) is 3.19. The van der Waals surface area contributed by atoms with Gasteiger partial charge in [-0.25, -0.2) is 0 Å². The van der Waals surface area contributed by atoms with E-state index in [9.17, 15) is 0 Å². The molecular weight excluding hydrogens is 208 g/mol. The molecular formula is C15H26N2. The monoisotopic (exact) mass is 234 g/mol. The average molecular weight is 234 g/mol. The lowest BCUT2D eigenvalue weighted by atomic mass is 10.1. The van der Waals surface area contributed by atoms with E-state index in [0.717, 1.165) is 12.1 Å². The molecule has 0 saturated carbocycles. The predicted molar refractivity (Wildman–Crippen MR) is 76.2 cm³/mol. The van der Waals surface area contributed by atoms with Gasteiger partial charge in [0.05, 0.1) is 0 Å². The largest absolute Gasteiger partial charge is 0.399 e. The summed E-state index contributed by atoms with van der Waals surface area (Å²) in [4.78, 5) is 2.54. The summed E-state index contributed by atoms with van der Waals surface area (Å²) in [5.41, 5.74) is 8.16. The van der Waals surface area contributed by atoms with Crippen LogP contribution in [0.4, 0.5) is 5.69 Å². The van der Waals surface area contributed by atoms with Crippen molar-refractivity contribution in [1.82, 2.24) is 4.90 Å². The number of nitrogen functional groups attached to an aromatic ring is 1. The van der Waals surface area contributed by atoms with E-state index in [4.69, 9.17) is 5.73 Å². The third-order valence-electron chi connectivity index (χ3n) is 3.19. The standard InChI is InChI=1S/C15H26N2/c1-4-11-17(13(2)3)12-7-9-14-8-5-6-10-15(14)16/h5-6,8,10,13H,4,7,9,11-12,16H2,1-3H3. The zero-order valence-corrected chi connectivity index (χ0v) is 11.4. The van der Waals surface area contributed by atoms with Crippen LogP contribution in [0.25, 0.3) is 0 Å². The van der Waals surface area contributed by atoms with Crippen molar-refractivity contribution < 1.29 is 0 Å². The Balaban J connectivity index is 2.38. The molecule has 0 spiro atoms. The Morgan fingerprint density at radius 1 is 1.18 bits per heavy atom. The lowest BCUT2D eigenvalue weighted by molar-refractivity contribution is 0.219. The molecule has 0 amide bonds. The molecule has 0 heterocycles. The summed E-state index contributed by atoms with van der Waals surface area (Å²) in [5.74, 6) is 0. The van der Waals surface area contributed by atoms with Crippen LogP contribution in [0.15, 0.2) is 24.3 Å². The molecule has 1 aromatic rings. The minimum atomic E-state index is 0.642. The molecule has 1 aromatic carbocycles. The minimum Gasteiger partial charge on any atom is -0.399 e. The Morgan fingerprint density at radius 3 is 2.47 bits per heavy atom. The normalized spacial score (nSPS) is 11.4. The van der Waals surface area contributed by atoms with Crippen LogP contribution >= 0.6 is 0 Å². The first-order valence-corrected chi connectivity index (χ1v) is 6.72. The quantitative estimate of drug-likeness (QED) is 0.733. The molecule has 0 unspecified atom stereocenters. The molecule has 2 heteroatoms. The Labute approximate surface area is 106 Å². The third kappa shape index (κ3) is 4.78. The van der Waals surface area contributed by atoms with Crippen molar-refractivity contribution >= 4 is 5.69 Å². The van der Waals surface area contributed by atoms with E-state index >= 15 is 0 Å². The topological polar surface area (TPSA) is 29.3 Å². The number of nitrogens with zero attached hydrogens (tertiary/aromatic N) is 1. The Hall–Kier alpha value is -1.02. The molecule has 96 valence electrons. The van der Waals surface area contributed by atoms with Crippen molar-refractivity contribution in [2.45, 2.75) is 46.1 Å². The molecule has 2 nitrogen and oxygen atoms in total. The van der Waals surface area contributed by atoms with Crippen LogP contribution in [0.3, 0.4) is 0 Å². The van der Waals surface area contributed by atoms with Crippen molar-refractivity contribution in [2.75, 3.05) is 18.8 Å². The number of hydrogen-bond donors (Lipinski definition) is 1.